The second-order valence-corrected chi connectivity index (χ2v) is 15.5. The van der Waals surface area contributed by atoms with Gasteiger partial charge in [-0.1, -0.05) is 164 Å². The number of hydrogen-bond acceptors (Lipinski definition) is 4. The molecule has 0 aliphatic carbocycles. The third kappa shape index (κ3) is 5.96. The highest BCUT2D eigenvalue weighted by molar-refractivity contribution is 6.28. The Hall–Kier alpha value is -8.48. The Balaban J connectivity index is 1.07. The summed E-state index contributed by atoms with van der Waals surface area (Å²) in [7, 11) is 0. The van der Waals surface area contributed by atoms with Gasteiger partial charge in [-0.25, -0.2) is 9.97 Å². The molecule has 6 nitrogen and oxygen atoms in total. The lowest BCUT2D eigenvalue weighted by molar-refractivity contribution is 0.953. The van der Waals surface area contributed by atoms with E-state index in [0.717, 1.165) is 72.2 Å². The topological polar surface area (TPSA) is 61.4 Å². The molecule has 8 aromatic carbocycles. The molecule has 290 valence electrons. The van der Waals surface area contributed by atoms with Gasteiger partial charge in [-0.15, -0.1) is 0 Å². The molecule has 0 saturated carbocycles. The van der Waals surface area contributed by atoms with Crippen LogP contribution in [0.3, 0.4) is 0 Å². The third-order valence-electron chi connectivity index (χ3n) is 11.8. The van der Waals surface area contributed by atoms with Crippen molar-refractivity contribution in [2.24, 2.45) is 0 Å². The average molecular weight is 793 g/mol. The average Bonchev–Trinajstić information content (AvgIpc) is 3.88. The maximum Gasteiger partial charge on any atom is 0.238 e. The first kappa shape index (κ1) is 35.5. The Morgan fingerprint density at radius 3 is 1.45 bits per heavy atom. The normalized spacial score (nSPS) is 11.5. The minimum atomic E-state index is 0.549. The minimum absolute atomic E-state index is 0.549. The van der Waals surface area contributed by atoms with Gasteiger partial charge in [0.25, 0.3) is 0 Å². The lowest BCUT2D eigenvalue weighted by Gasteiger charge is -2.12. The van der Waals surface area contributed by atoms with E-state index in [-0.39, 0.29) is 0 Å². The molecule has 0 aliphatic heterocycles. The predicted molar refractivity (Wildman–Crippen MR) is 253 cm³/mol. The summed E-state index contributed by atoms with van der Waals surface area (Å²) in [6, 6.07) is 76.1. The van der Waals surface area contributed by atoms with E-state index in [4.69, 9.17) is 19.9 Å². The van der Waals surface area contributed by atoms with Crippen LogP contribution < -0.4 is 0 Å². The molecule has 0 radical (unpaired) electrons. The van der Waals surface area contributed by atoms with E-state index in [9.17, 15) is 0 Å². The van der Waals surface area contributed by atoms with Crippen LogP contribution in [0.25, 0.3) is 112 Å². The van der Waals surface area contributed by atoms with Gasteiger partial charge >= 0.3 is 0 Å². The number of benzene rings is 8. The van der Waals surface area contributed by atoms with Crippen molar-refractivity contribution in [1.82, 2.24) is 29.1 Å². The predicted octanol–water partition coefficient (Wildman–Crippen LogP) is 13.8. The number of para-hydroxylation sites is 2. The molecule has 0 fully saturated rings. The summed E-state index contributed by atoms with van der Waals surface area (Å²) in [6.07, 6.45) is 0. The molecule has 0 spiro atoms. The van der Waals surface area contributed by atoms with Gasteiger partial charge in [0.15, 0.2) is 11.6 Å². The van der Waals surface area contributed by atoms with Crippen LogP contribution in [0.1, 0.15) is 0 Å². The van der Waals surface area contributed by atoms with Crippen LogP contribution in [0.4, 0.5) is 0 Å². The van der Waals surface area contributed by atoms with E-state index >= 15 is 0 Å². The Bertz CT molecular complexity index is 3630. The van der Waals surface area contributed by atoms with Crippen molar-refractivity contribution in [2.45, 2.75) is 0 Å². The summed E-state index contributed by atoms with van der Waals surface area (Å²) in [4.78, 5) is 20.8. The Labute approximate surface area is 357 Å². The highest BCUT2D eigenvalue weighted by atomic mass is 15.2. The van der Waals surface area contributed by atoms with Crippen molar-refractivity contribution in [1.29, 1.82) is 0 Å². The first-order valence-electron chi connectivity index (χ1n) is 20.8. The Kier molecular flexibility index (Phi) is 8.38. The number of aromatic nitrogens is 6. The number of pyridine rings is 1. The molecule has 0 N–H and O–H groups in total. The van der Waals surface area contributed by atoms with Crippen LogP contribution in [0.15, 0.2) is 218 Å². The van der Waals surface area contributed by atoms with E-state index in [1.807, 2.05) is 42.5 Å². The number of nitrogens with zero attached hydrogens (tertiary/aromatic N) is 6. The Morgan fingerprint density at radius 1 is 0.274 bits per heavy atom. The molecule has 62 heavy (non-hydrogen) atoms. The zero-order chi connectivity index (χ0) is 41.0. The molecule has 6 heteroatoms. The van der Waals surface area contributed by atoms with Gasteiger partial charge in [-0.3, -0.25) is 4.57 Å². The fourth-order valence-electron chi connectivity index (χ4n) is 8.96. The summed E-state index contributed by atoms with van der Waals surface area (Å²) in [5.74, 6) is 1.73. The van der Waals surface area contributed by atoms with Gasteiger partial charge in [0, 0.05) is 49.5 Å². The van der Waals surface area contributed by atoms with Crippen LogP contribution in [-0.4, -0.2) is 29.1 Å². The monoisotopic (exact) mass is 792 g/mol. The van der Waals surface area contributed by atoms with E-state index < -0.39 is 0 Å². The zero-order valence-electron chi connectivity index (χ0n) is 33.5. The van der Waals surface area contributed by atoms with Crippen LogP contribution in [-0.2, 0) is 0 Å². The lowest BCUT2D eigenvalue weighted by atomic mass is 10.0. The fourth-order valence-corrected chi connectivity index (χ4v) is 8.96. The lowest BCUT2D eigenvalue weighted by Crippen LogP contribution is -2.06. The molecular formula is C56H36N6. The van der Waals surface area contributed by atoms with Crippen molar-refractivity contribution in [3.8, 4) is 68.1 Å². The van der Waals surface area contributed by atoms with Crippen LogP contribution >= 0.6 is 0 Å². The maximum atomic E-state index is 5.32. The van der Waals surface area contributed by atoms with Crippen LogP contribution in [0.2, 0.25) is 0 Å². The highest BCUT2D eigenvalue weighted by Crippen LogP contribution is 2.42. The van der Waals surface area contributed by atoms with E-state index in [2.05, 4.69) is 185 Å². The molecule has 0 unspecified atom stereocenters. The molecule has 12 rings (SSSR count). The quantitative estimate of drug-likeness (QED) is 0.161. The van der Waals surface area contributed by atoms with Gasteiger partial charge < -0.3 is 4.57 Å². The van der Waals surface area contributed by atoms with Crippen molar-refractivity contribution < 1.29 is 0 Å². The summed E-state index contributed by atoms with van der Waals surface area (Å²) >= 11 is 0. The second kappa shape index (κ2) is 14.7. The molecule has 4 heterocycles. The minimum Gasteiger partial charge on any atom is -0.309 e. The van der Waals surface area contributed by atoms with Crippen molar-refractivity contribution in [3.05, 3.63) is 218 Å². The maximum absolute atomic E-state index is 5.32. The van der Waals surface area contributed by atoms with Gasteiger partial charge in [0.05, 0.1) is 33.5 Å². The first-order valence-corrected chi connectivity index (χ1v) is 20.8. The third-order valence-corrected chi connectivity index (χ3v) is 11.8. The molecule has 0 saturated heterocycles. The SMILES string of the molecule is c1ccc(-c2cccc(-n3c4ccccc4c4c5c6ccccc6n(-c6nc(-c7ccccc7)nc(-c7cccc(-c8cccc(-c9ccccc9)n8)c7)n6)c5ccc43)c2)cc1. The van der Waals surface area contributed by atoms with Crippen molar-refractivity contribution in [2.75, 3.05) is 0 Å². The van der Waals surface area contributed by atoms with Gasteiger partial charge in [0.2, 0.25) is 5.95 Å². The summed E-state index contributed by atoms with van der Waals surface area (Å²) in [6.45, 7) is 0. The van der Waals surface area contributed by atoms with Crippen LogP contribution in [0, 0.1) is 0 Å². The van der Waals surface area contributed by atoms with Crippen molar-refractivity contribution in [3.63, 3.8) is 0 Å². The Morgan fingerprint density at radius 2 is 0.758 bits per heavy atom. The molecule has 0 aliphatic rings. The molecule has 4 aromatic heterocycles. The molecular weight excluding hydrogens is 757 g/mol. The molecule has 0 amide bonds. The molecule has 12 aromatic rings. The fraction of sp³-hybridized carbons (Fsp3) is 0. The van der Waals surface area contributed by atoms with E-state index in [0.29, 0.717) is 17.6 Å². The first-order chi connectivity index (χ1) is 30.7. The number of rotatable bonds is 7. The van der Waals surface area contributed by atoms with E-state index in [1.54, 1.807) is 0 Å². The summed E-state index contributed by atoms with van der Waals surface area (Å²) in [5, 5.41) is 4.66. The van der Waals surface area contributed by atoms with Gasteiger partial charge in [-0.2, -0.15) is 9.97 Å². The molecule has 0 atom stereocenters. The number of hydrogen-bond donors (Lipinski definition) is 0. The second-order valence-electron chi connectivity index (χ2n) is 15.5. The summed E-state index contributed by atoms with van der Waals surface area (Å²) in [5.41, 5.74) is 13.4. The van der Waals surface area contributed by atoms with Crippen LogP contribution in [0.5, 0.6) is 0 Å². The largest absolute Gasteiger partial charge is 0.309 e. The van der Waals surface area contributed by atoms with Crippen molar-refractivity contribution >= 4 is 43.6 Å². The standard InChI is InChI=1S/C56H36N6/c1-4-17-37(18-5-1)40-23-15-26-43(36-40)61-48-31-12-10-27-44(48)52-50(61)33-34-51-53(52)45-28-11-13-32-49(45)62(51)56-59-54(39-21-8-3-9-22-39)58-55(60-56)42-25-14-24-41(35-42)47-30-16-29-46(57-47)38-19-6-2-7-20-38/h1-36H. The number of fused-ring (bicyclic) bond motifs is 7. The van der Waals surface area contributed by atoms with E-state index in [1.165, 1.54) is 21.9 Å². The smallest absolute Gasteiger partial charge is 0.238 e. The van der Waals surface area contributed by atoms with Gasteiger partial charge in [0.1, 0.15) is 0 Å². The summed E-state index contributed by atoms with van der Waals surface area (Å²) < 4.78 is 4.60. The zero-order valence-corrected chi connectivity index (χ0v) is 33.5. The molecule has 0 bridgehead atoms. The van der Waals surface area contributed by atoms with Gasteiger partial charge in [-0.05, 0) is 65.7 Å². The highest BCUT2D eigenvalue weighted by Gasteiger charge is 2.23.